The number of hydrogen-bond donors (Lipinski definition) is 1. The third-order valence-electron chi connectivity index (χ3n) is 3.09. The van der Waals surface area contributed by atoms with E-state index in [0.717, 1.165) is 25.9 Å². The molecule has 3 nitrogen and oxygen atoms in total. The van der Waals surface area contributed by atoms with Crippen molar-refractivity contribution in [1.82, 2.24) is 0 Å². The number of hydrogen-bond acceptors (Lipinski definition) is 2. The van der Waals surface area contributed by atoms with E-state index in [4.69, 9.17) is 5.73 Å². The average molecular weight is 330 g/mol. The summed E-state index contributed by atoms with van der Waals surface area (Å²) in [6.07, 6.45) is 1.75. The Morgan fingerprint density at radius 1 is 1.31 bits per heavy atom. The van der Waals surface area contributed by atoms with Crippen molar-refractivity contribution in [2.75, 3.05) is 18.0 Å². The number of amides is 1. The molecule has 1 amide bonds. The second-order valence-electron chi connectivity index (χ2n) is 4.12. The van der Waals surface area contributed by atoms with Crippen molar-refractivity contribution in [3.8, 4) is 0 Å². The number of halogens is 1. The smallest absolute Gasteiger partial charge is 0.220 e. The second kappa shape index (κ2) is 5.03. The number of rotatable bonds is 2. The van der Waals surface area contributed by atoms with E-state index in [1.54, 1.807) is 0 Å². The molecular formula is C12H15IN2O. The molecule has 86 valence electrons. The van der Waals surface area contributed by atoms with Crippen molar-refractivity contribution in [1.29, 1.82) is 0 Å². The monoisotopic (exact) mass is 330 g/mol. The Kier molecular flexibility index (Phi) is 3.68. The molecule has 1 aliphatic heterocycles. The zero-order valence-electron chi connectivity index (χ0n) is 9.03. The van der Waals surface area contributed by atoms with Crippen LogP contribution in [0.5, 0.6) is 0 Å². The first kappa shape index (κ1) is 11.7. The van der Waals surface area contributed by atoms with Gasteiger partial charge in [0.2, 0.25) is 5.91 Å². The van der Waals surface area contributed by atoms with Gasteiger partial charge in [0, 0.05) is 22.6 Å². The van der Waals surface area contributed by atoms with Gasteiger partial charge in [-0.05, 0) is 47.6 Å². The quantitative estimate of drug-likeness (QED) is 0.843. The van der Waals surface area contributed by atoms with Gasteiger partial charge in [-0.1, -0.05) is 12.1 Å². The Morgan fingerprint density at radius 2 is 1.94 bits per heavy atom. The topological polar surface area (TPSA) is 46.3 Å². The molecule has 4 heteroatoms. The zero-order valence-corrected chi connectivity index (χ0v) is 11.2. The van der Waals surface area contributed by atoms with Crippen molar-refractivity contribution in [2.45, 2.75) is 12.8 Å². The van der Waals surface area contributed by atoms with Crippen LogP contribution in [0.4, 0.5) is 5.69 Å². The minimum Gasteiger partial charge on any atom is -0.371 e. The molecule has 16 heavy (non-hydrogen) atoms. The van der Waals surface area contributed by atoms with Crippen LogP contribution in [-0.4, -0.2) is 19.0 Å². The zero-order chi connectivity index (χ0) is 11.5. The first-order valence-corrected chi connectivity index (χ1v) is 6.55. The number of benzene rings is 1. The summed E-state index contributed by atoms with van der Waals surface area (Å²) in [6.45, 7) is 1.85. The molecule has 0 saturated carbocycles. The van der Waals surface area contributed by atoms with Gasteiger partial charge in [-0.25, -0.2) is 0 Å². The number of carbonyl (C=O) groups excluding carboxylic acids is 1. The lowest BCUT2D eigenvalue weighted by Gasteiger charge is -2.32. The van der Waals surface area contributed by atoms with Crippen LogP contribution in [0, 0.1) is 9.49 Å². The summed E-state index contributed by atoms with van der Waals surface area (Å²) < 4.78 is 1.26. The summed E-state index contributed by atoms with van der Waals surface area (Å²) in [5.41, 5.74) is 6.59. The highest BCUT2D eigenvalue weighted by molar-refractivity contribution is 14.1. The Labute approximate surface area is 109 Å². The van der Waals surface area contributed by atoms with Gasteiger partial charge < -0.3 is 10.6 Å². The number of anilines is 1. The molecule has 1 aromatic carbocycles. The SMILES string of the molecule is NC(=O)C1CCN(c2ccccc2I)CC1. The van der Waals surface area contributed by atoms with Gasteiger partial charge in [0.15, 0.2) is 0 Å². The van der Waals surface area contributed by atoms with Crippen LogP contribution < -0.4 is 10.6 Å². The lowest BCUT2D eigenvalue weighted by molar-refractivity contribution is -0.122. The highest BCUT2D eigenvalue weighted by atomic mass is 127. The lowest BCUT2D eigenvalue weighted by atomic mass is 9.96. The molecule has 0 radical (unpaired) electrons. The van der Waals surface area contributed by atoms with E-state index >= 15 is 0 Å². The van der Waals surface area contributed by atoms with Crippen LogP contribution in [0.25, 0.3) is 0 Å². The van der Waals surface area contributed by atoms with Gasteiger partial charge in [0.25, 0.3) is 0 Å². The normalized spacial score (nSPS) is 17.4. The molecular weight excluding hydrogens is 315 g/mol. The third-order valence-corrected chi connectivity index (χ3v) is 4.00. The van der Waals surface area contributed by atoms with E-state index in [9.17, 15) is 4.79 Å². The maximum absolute atomic E-state index is 11.1. The first-order chi connectivity index (χ1) is 7.68. The minimum absolute atomic E-state index is 0.0672. The van der Waals surface area contributed by atoms with Crippen LogP contribution >= 0.6 is 22.6 Å². The minimum atomic E-state index is -0.151. The van der Waals surface area contributed by atoms with E-state index in [0.29, 0.717) is 0 Å². The molecule has 1 aliphatic rings. The average Bonchev–Trinajstić information content (AvgIpc) is 2.30. The molecule has 1 aromatic rings. The molecule has 0 atom stereocenters. The molecule has 0 bridgehead atoms. The van der Waals surface area contributed by atoms with Gasteiger partial charge in [-0.3, -0.25) is 4.79 Å². The van der Waals surface area contributed by atoms with Crippen molar-refractivity contribution < 1.29 is 4.79 Å². The van der Waals surface area contributed by atoms with E-state index < -0.39 is 0 Å². The largest absolute Gasteiger partial charge is 0.371 e. The van der Waals surface area contributed by atoms with Crippen LogP contribution in [0.15, 0.2) is 24.3 Å². The van der Waals surface area contributed by atoms with Gasteiger partial charge in [-0.15, -0.1) is 0 Å². The molecule has 1 heterocycles. The number of primary amides is 1. The number of piperidine rings is 1. The van der Waals surface area contributed by atoms with Crippen LogP contribution in [0.2, 0.25) is 0 Å². The summed E-state index contributed by atoms with van der Waals surface area (Å²) in [6, 6.07) is 8.33. The molecule has 1 saturated heterocycles. The number of carbonyl (C=O) groups is 1. The second-order valence-corrected chi connectivity index (χ2v) is 5.28. The van der Waals surface area contributed by atoms with Crippen molar-refractivity contribution in [2.24, 2.45) is 11.7 Å². The molecule has 1 fully saturated rings. The molecule has 2 rings (SSSR count). The van der Waals surface area contributed by atoms with E-state index in [2.05, 4.69) is 45.7 Å². The van der Waals surface area contributed by atoms with Gasteiger partial charge in [0.1, 0.15) is 0 Å². The predicted octanol–water partition coefficient (Wildman–Crippen LogP) is 1.99. The van der Waals surface area contributed by atoms with Crippen molar-refractivity contribution >= 4 is 34.2 Å². The Hall–Kier alpha value is -0.780. The molecule has 0 unspecified atom stereocenters. The van der Waals surface area contributed by atoms with Gasteiger partial charge in [0.05, 0.1) is 5.69 Å². The Bertz CT molecular complexity index is 386. The van der Waals surface area contributed by atoms with Gasteiger partial charge in [-0.2, -0.15) is 0 Å². The highest BCUT2D eigenvalue weighted by Crippen LogP contribution is 2.26. The summed E-state index contributed by atoms with van der Waals surface area (Å²) in [5, 5.41) is 0. The van der Waals surface area contributed by atoms with Crippen LogP contribution in [0.1, 0.15) is 12.8 Å². The fourth-order valence-electron chi connectivity index (χ4n) is 2.11. The highest BCUT2D eigenvalue weighted by Gasteiger charge is 2.23. The molecule has 0 aliphatic carbocycles. The number of para-hydroxylation sites is 1. The van der Waals surface area contributed by atoms with Crippen molar-refractivity contribution in [3.63, 3.8) is 0 Å². The molecule has 2 N–H and O–H groups in total. The van der Waals surface area contributed by atoms with Crippen LogP contribution in [0.3, 0.4) is 0 Å². The van der Waals surface area contributed by atoms with E-state index in [1.807, 2.05) is 6.07 Å². The summed E-state index contributed by atoms with van der Waals surface area (Å²) in [5.74, 6) is -0.0833. The van der Waals surface area contributed by atoms with Crippen LogP contribution in [-0.2, 0) is 4.79 Å². The van der Waals surface area contributed by atoms with E-state index in [-0.39, 0.29) is 11.8 Å². The number of nitrogens with zero attached hydrogens (tertiary/aromatic N) is 1. The predicted molar refractivity (Wildman–Crippen MR) is 73.3 cm³/mol. The van der Waals surface area contributed by atoms with Gasteiger partial charge >= 0.3 is 0 Å². The summed E-state index contributed by atoms with van der Waals surface area (Å²) in [4.78, 5) is 13.4. The molecule has 0 spiro atoms. The Balaban J connectivity index is 2.05. The Morgan fingerprint density at radius 3 is 2.50 bits per heavy atom. The van der Waals surface area contributed by atoms with E-state index in [1.165, 1.54) is 9.26 Å². The maximum Gasteiger partial charge on any atom is 0.220 e. The lowest BCUT2D eigenvalue weighted by Crippen LogP contribution is -2.38. The standard InChI is InChI=1S/C12H15IN2O/c13-10-3-1-2-4-11(10)15-7-5-9(6-8-15)12(14)16/h1-4,9H,5-8H2,(H2,14,16). The van der Waals surface area contributed by atoms with Crippen molar-refractivity contribution in [3.05, 3.63) is 27.8 Å². The number of nitrogens with two attached hydrogens (primary N) is 1. The maximum atomic E-state index is 11.1. The fourth-order valence-corrected chi connectivity index (χ4v) is 2.84. The summed E-state index contributed by atoms with van der Waals surface area (Å²) >= 11 is 2.35. The third kappa shape index (κ3) is 2.48. The molecule has 0 aromatic heterocycles. The first-order valence-electron chi connectivity index (χ1n) is 5.47. The fraction of sp³-hybridized carbons (Fsp3) is 0.417. The summed E-state index contributed by atoms with van der Waals surface area (Å²) in [7, 11) is 0.